The first-order valence-corrected chi connectivity index (χ1v) is 8.66. The van der Waals surface area contributed by atoms with E-state index in [0.717, 1.165) is 12.8 Å². The molecule has 1 fully saturated rings. The number of sulfonamides is 1. The van der Waals surface area contributed by atoms with Crippen molar-refractivity contribution in [2.45, 2.75) is 37.7 Å². The molecule has 0 saturated carbocycles. The van der Waals surface area contributed by atoms with Gasteiger partial charge in [-0.2, -0.15) is 0 Å². The summed E-state index contributed by atoms with van der Waals surface area (Å²) in [6.45, 7) is 5.50. The molecule has 0 radical (unpaired) electrons. The summed E-state index contributed by atoms with van der Waals surface area (Å²) in [6.07, 6.45) is 1.11. The highest BCUT2D eigenvalue weighted by atomic mass is 32.2. The van der Waals surface area contributed by atoms with Crippen LogP contribution in [0.1, 0.15) is 38.4 Å². The van der Waals surface area contributed by atoms with E-state index in [1.54, 1.807) is 19.1 Å². The molecule has 118 valence electrons. The molecular weight excluding hydrogens is 290 g/mol. The fourth-order valence-electron chi connectivity index (χ4n) is 2.32. The molecule has 0 amide bonds. The highest BCUT2D eigenvalue weighted by Crippen LogP contribution is 2.29. The van der Waals surface area contributed by atoms with E-state index in [2.05, 4.69) is 11.6 Å². The lowest BCUT2D eigenvalue weighted by Crippen LogP contribution is -2.39. The Hall–Kier alpha value is -0.950. The van der Waals surface area contributed by atoms with E-state index in [1.807, 2.05) is 0 Å². The number of aliphatic hydroxyl groups excluding tert-OH is 1. The van der Waals surface area contributed by atoms with Gasteiger partial charge in [0.05, 0.1) is 11.0 Å². The van der Waals surface area contributed by atoms with Crippen molar-refractivity contribution in [3.8, 4) is 0 Å². The van der Waals surface area contributed by atoms with E-state index >= 15 is 0 Å². The molecule has 1 saturated heterocycles. The fourth-order valence-corrected chi connectivity index (χ4v) is 3.52. The molecule has 2 rings (SSSR count). The second-order valence-electron chi connectivity index (χ2n) is 5.99. The SMILES string of the molecule is CC(O)c1ccc(S(=O)(=O)NCC2(C)CCOCC2)cc1. The summed E-state index contributed by atoms with van der Waals surface area (Å²) in [6, 6.07) is 6.32. The van der Waals surface area contributed by atoms with Crippen LogP contribution in [0.5, 0.6) is 0 Å². The van der Waals surface area contributed by atoms with E-state index in [-0.39, 0.29) is 10.3 Å². The molecule has 1 aliphatic rings. The van der Waals surface area contributed by atoms with Crippen molar-refractivity contribution < 1.29 is 18.3 Å². The number of rotatable bonds is 5. The van der Waals surface area contributed by atoms with Crippen LogP contribution >= 0.6 is 0 Å². The molecule has 6 heteroatoms. The molecule has 1 aromatic rings. The lowest BCUT2D eigenvalue weighted by atomic mass is 9.83. The fraction of sp³-hybridized carbons (Fsp3) is 0.600. The highest BCUT2D eigenvalue weighted by Gasteiger charge is 2.29. The quantitative estimate of drug-likeness (QED) is 0.869. The van der Waals surface area contributed by atoms with Crippen LogP contribution in [-0.4, -0.2) is 33.3 Å². The molecular formula is C15H23NO4S. The smallest absolute Gasteiger partial charge is 0.240 e. The zero-order valence-corrected chi connectivity index (χ0v) is 13.3. The van der Waals surface area contributed by atoms with Crippen molar-refractivity contribution in [1.82, 2.24) is 4.72 Å². The predicted octanol–water partition coefficient (Wildman–Crippen LogP) is 1.83. The van der Waals surface area contributed by atoms with Gasteiger partial charge in [0.2, 0.25) is 10.0 Å². The zero-order valence-electron chi connectivity index (χ0n) is 12.5. The van der Waals surface area contributed by atoms with Gasteiger partial charge in [-0.1, -0.05) is 19.1 Å². The van der Waals surface area contributed by atoms with Crippen LogP contribution in [0.15, 0.2) is 29.2 Å². The van der Waals surface area contributed by atoms with Gasteiger partial charge in [0.15, 0.2) is 0 Å². The van der Waals surface area contributed by atoms with E-state index < -0.39 is 16.1 Å². The van der Waals surface area contributed by atoms with Gasteiger partial charge in [0, 0.05) is 19.8 Å². The first-order valence-electron chi connectivity index (χ1n) is 7.18. The van der Waals surface area contributed by atoms with E-state index in [4.69, 9.17) is 4.74 Å². The Labute approximate surface area is 126 Å². The van der Waals surface area contributed by atoms with Crippen LogP contribution in [0.2, 0.25) is 0 Å². The second-order valence-corrected chi connectivity index (χ2v) is 7.76. The monoisotopic (exact) mass is 313 g/mol. The third kappa shape index (κ3) is 4.26. The van der Waals surface area contributed by atoms with Crippen LogP contribution in [-0.2, 0) is 14.8 Å². The minimum Gasteiger partial charge on any atom is -0.389 e. The van der Waals surface area contributed by atoms with Crippen LogP contribution < -0.4 is 4.72 Å². The molecule has 0 bridgehead atoms. The van der Waals surface area contributed by atoms with Gasteiger partial charge in [-0.05, 0) is 42.9 Å². The second kappa shape index (κ2) is 6.44. The van der Waals surface area contributed by atoms with E-state index in [1.165, 1.54) is 12.1 Å². The molecule has 1 heterocycles. The predicted molar refractivity (Wildman–Crippen MR) is 80.4 cm³/mol. The molecule has 1 aromatic carbocycles. The number of hydrogen-bond acceptors (Lipinski definition) is 4. The lowest BCUT2D eigenvalue weighted by molar-refractivity contribution is 0.0265. The maximum atomic E-state index is 12.3. The Bertz CT molecular complexity index is 560. The normalized spacial score (nSPS) is 20.1. The van der Waals surface area contributed by atoms with E-state index in [0.29, 0.717) is 25.3 Å². The molecule has 0 aromatic heterocycles. The van der Waals surface area contributed by atoms with Crippen molar-refractivity contribution in [2.75, 3.05) is 19.8 Å². The molecule has 1 atom stereocenters. The number of hydrogen-bond donors (Lipinski definition) is 2. The molecule has 5 nitrogen and oxygen atoms in total. The molecule has 0 aliphatic carbocycles. The van der Waals surface area contributed by atoms with Gasteiger partial charge in [-0.3, -0.25) is 0 Å². The van der Waals surface area contributed by atoms with Crippen LogP contribution in [0.4, 0.5) is 0 Å². The van der Waals surface area contributed by atoms with Crippen molar-refractivity contribution in [3.63, 3.8) is 0 Å². The van der Waals surface area contributed by atoms with Crippen molar-refractivity contribution in [2.24, 2.45) is 5.41 Å². The average Bonchev–Trinajstić information content (AvgIpc) is 2.46. The topological polar surface area (TPSA) is 75.6 Å². The Morgan fingerprint density at radius 3 is 2.38 bits per heavy atom. The van der Waals surface area contributed by atoms with Crippen LogP contribution in [0.3, 0.4) is 0 Å². The Balaban J connectivity index is 2.04. The van der Waals surface area contributed by atoms with Gasteiger partial charge in [-0.15, -0.1) is 0 Å². The van der Waals surface area contributed by atoms with Crippen molar-refractivity contribution in [3.05, 3.63) is 29.8 Å². The largest absolute Gasteiger partial charge is 0.389 e. The number of nitrogens with one attached hydrogen (secondary N) is 1. The van der Waals surface area contributed by atoms with E-state index in [9.17, 15) is 13.5 Å². The molecule has 0 spiro atoms. The zero-order chi connectivity index (χ0) is 15.5. The minimum atomic E-state index is -3.51. The summed E-state index contributed by atoms with van der Waals surface area (Å²) in [5.41, 5.74) is 0.649. The van der Waals surface area contributed by atoms with Gasteiger partial charge in [0.1, 0.15) is 0 Å². The molecule has 2 N–H and O–H groups in total. The molecule has 21 heavy (non-hydrogen) atoms. The minimum absolute atomic E-state index is 0.0507. The summed E-state index contributed by atoms with van der Waals surface area (Å²) in [4.78, 5) is 0.225. The summed E-state index contributed by atoms with van der Waals surface area (Å²) >= 11 is 0. The maximum absolute atomic E-state index is 12.3. The van der Waals surface area contributed by atoms with Crippen molar-refractivity contribution in [1.29, 1.82) is 0 Å². The highest BCUT2D eigenvalue weighted by molar-refractivity contribution is 7.89. The Morgan fingerprint density at radius 1 is 1.29 bits per heavy atom. The van der Waals surface area contributed by atoms with Crippen LogP contribution in [0.25, 0.3) is 0 Å². The Morgan fingerprint density at radius 2 is 1.86 bits per heavy atom. The number of aliphatic hydroxyl groups is 1. The first kappa shape index (κ1) is 16.4. The van der Waals surface area contributed by atoms with Gasteiger partial charge in [0.25, 0.3) is 0 Å². The van der Waals surface area contributed by atoms with Gasteiger partial charge < -0.3 is 9.84 Å². The van der Waals surface area contributed by atoms with Crippen LogP contribution in [0, 0.1) is 5.41 Å². The molecule has 1 unspecified atom stereocenters. The van der Waals surface area contributed by atoms with Gasteiger partial charge in [-0.25, -0.2) is 13.1 Å². The molecule has 1 aliphatic heterocycles. The summed E-state index contributed by atoms with van der Waals surface area (Å²) in [5, 5.41) is 9.45. The lowest BCUT2D eigenvalue weighted by Gasteiger charge is -2.33. The summed E-state index contributed by atoms with van der Waals surface area (Å²) < 4.78 is 32.6. The summed E-state index contributed by atoms with van der Waals surface area (Å²) in [5.74, 6) is 0. The number of ether oxygens (including phenoxy) is 1. The number of benzene rings is 1. The first-order chi connectivity index (χ1) is 9.82. The van der Waals surface area contributed by atoms with Gasteiger partial charge >= 0.3 is 0 Å². The average molecular weight is 313 g/mol. The van der Waals surface area contributed by atoms with Crippen molar-refractivity contribution >= 4 is 10.0 Å². The summed E-state index contributed by atoms with van der Waals surface area (Å²) in [7, 11) is -3.51. The Kier molecular flexibility index (Phi) is 5.03. The standard InChI is InChI=1S/C15H23NO4S/c1-12(17)13-3-5-14(6-4-13)21(18,19)16-11-15(2)7-9-20-10-8-15/h3-6,12,16-17H,7-11H2,1-2H3. The maximum Gasteiger partial charge on any atom is 0.240 e. The third-order valence-corrected chi connectivity index (χ3v) is 5.48. The third-order valence-electron chi connectivity index (χ3n) is 4.06.